The van der Waals surface area contributed by atoms with E-state index in [1.165, 1.54) is 0 Å². The fraction of sp³-hybridized carbons (Fsp3) is 0.0556. The lowest BCUT2D eigenvalue weighted by molar-refractivity contribution is -0.115. The molecule has 1 aromatic heterocycles. The number of benzene rings is 2. The van der Waals surface area contributed by atoms with Crippen molar-refractivity contribution in [3.05, 3.63) is 75.6 Å². The van der Waals surface area contributed by atoms with Gasteiger partial charge in [0.05, 0.1) is 6.42 Å². The highest BCUT2D eigenvalue weighted by Gasteiger charge is 2.11. The van der Waals surface area contributed by atoms with Crippen molar-refractivity contribution in [2.24, 2.45) is 0 Å². The van der Waals surface area contributed by atoms with Gasteiger partial charge < -0.3 is 5.32 Å². The van der Waals surface area contributed by atoms with Gasteiger partial charge in [0.1, 0.15) is 0 Å². The molecule has 2 aromatic carbocycles. The van der Waals surface area contributed by atoms with Crippen LogP contribution in [0.15, 0.2) is 60.0 Å². The minimum absolute atomic E-state index is 0.113. The van der Waals surface area contributed by atoms with Crippen molar-refractivity contribution in [2.45, 2.75) is 6.42 Å². The predicted octanol–water partition coefficient (Wildman–Crippen LogP) is 5.90. The molecule has 0 bridgehead atoms. The van der Waals surface area contributed by atoms with Crippen LogP contribution in [0.1, 0.15) is 5.56 Å². The average molecular weight is 362 g/mol. The van der Waals surface area contributed by atoms with E-state index < -0.39 is 0 Å². The lowest BCUT2D eigenvalue weighted by Crippen LogP contribution is -2.15. The first kappa shape index (κ1) is 16.1. The lowest BCUT2D eigenvalue weighted by Gasteiger charge is -2.10. The Morgan fingerprint density at radius 3 is 2.61 bits per heavy atom. The topological polar surface area (TPSA) is 29.1 Å². The zero-order chi connectivity index (χ0) is 16.2. The van der Waals surface area contributed by atoms with Crippen LogP contribution in [0.4, 0.5) is 5.69 Å². The molecule has 0 aliphatic carbocycles. The number of hydrogen-bond acceptors (Lipinski definition) is 2. The maximum Gasteiger partial charge on any atom is 0.228 e. The Labute approximate surface area is 148 Å². The number of carbonyl (C=O) groups excluding carboxylic acids is 1. The molecule has 3 rings (SSSR count). The average Bonchev–Trinajstić information content (AvgIpc) is 3.05. The quantitative estimate of drug-likeness (QED) is 0.615. The van der Waals surface area contributed by atoms with Crippen LogP contribution in [-0.4, -0.2) is 5.91 Å². The first-order valence-corrected chi connectivity index (χ1v) is 8.64. The Hall–Kier alpha value is -1.81. The summed E-state index contributed by atoms with van der Waals surface area (Å²) in [5.74, 6) is -0.113. The molecule has 0 unspecified atom stereocenters. The van der Waals surface area contributed by atoms with Gasteiger partial charge in [-0.15, -0.1) is 11.3 Å². The number of rotatable bonds is 4. The summed E-state index contributed by atoms with van der Waals surface area (Å²) >= 11 is 13.6. The predicted molar refractivity (Wildman–Crippen MR) is 98.6 cm³/mol. The van der Waals surface area contributed by atoms with Crippen molar-refractivity contribution in [3.63, 3.8) is 0 Å². The number of thiophene rings is 1. The Morgan fingerprint density at radius 2 is 1.87 bits per heavy atom. The van der Waals surface area contributed by atoms with Gasteiger partial charge in [-0.25, -0.2) is 0 Å². The van der Waals surface area contributed by atoms with Gasteiger partial charge >= 0.3 is 0 Å². The molecule has 0 saturated carbocycles. The van der Waals surface area contributed by atoms with Crippen molar-refractivity contribution in [1.82, 2.24) is 0 Å². The van der Waals surface area contributed by atoms with Crippen LogP contribution in [0.2, 0.25) is 10.0 Å². The minimum atomic E-state index is -0.113. The van der Waals surface area contributed by atoms with Crippen LogP contribution < -0.4 is 5.32 Å². The second-order valence-corrected chi connectivity index (χ2v) is 6.77. The van der Waals surface area contributed by atoms with E-state index in [1.54, 1.807) is 29.5 Å². The number of nitrogens with one attached hydrogen (secondary N) is 1. The van der Waals surface area contributed by atoms with E-state index in [2.05, 4.69) is 5.32 Å². The Morgan fingerprint density at radius 1 is 1.04 bits per heavy atom. The van der Waals surface area contributed by atoms with E-state index in [0.29, 0.717) is 10.0 Å². The van der Waals surface area contributed by atoms with Gasteiger partial charge in [0.15, 0.2) is 0 Å². The highest BCUT2D eigenvalue weighted by Crippen LogP contribution is 2.31. The van der Waals surface area contributed by atoms with Crippen molar-refractivity contribution < 1.29 is 4.79 Å². The van der Waals surface area contributed by atoms with E-state index in [-0.39, 0.29) is 12.3 Å². The molecule has 1 N–H and O–H groups in total. The van der Waals surface area contributed by atoms with Crippen LogP contribution in [0.25, 0.3) is 10.4 Å². The van der Waals surface area contributed by atoms with Crippen molar-refractivity contribution in [3.8, 4) is 10.4 Å². The first-order valence-electron chi connectivity index (χ1n) is 7.00. The fourth-order valence-corrected chi connectivity index (χ4v) is 3.51. The standard InChI is InChI=1S/C18H13Cl2NOS/c19-13-8-7-12(15(20)11-13)10-18(22)21-16-5-2-1-4-14(16)17-6-3-9-23-17/h1-9,11H,10H2,(H,21,22). The van der Waals surface area contributed by atoms with Gasteiger partial charge in [-0.05, 0) is 35.2 Å². The fourth-order valence-electron chi connectivity index (χ4n) is 2.27. The molecule has 0 saturated heterocycles. The molecule has 0 aliphatic heterocycles. The summed E-state index contributed by atoms with van der Waals surface area (Å²) in [6.07, 6.45) is 0.203. The first-order chi connectivity index (χ1) is 11.1. The van der Waals surface area contributed by atoms with Gasteiger partial charge in [-0.2, -0.15) is 0 Å². The number of carbonyl (C=O) groups is 1. The molecular weight excluding hydrogens is 349 g/mol. The van der Waals surface area contributed by atoms with Gasteiger partial charge in [0.25, 0.3) is 0 Å². The third-order valence-electron chi connectivity index (χ3n) is 3.35. The summed E-state index contributed by atoms with van der Waals surface area (Å²) in [6, 6.07) is 16.9. The third-order valence-corrected chi connectivity index (χ3v) is 4.84. The highest BCUT2D eigenvalue weighted by molar-refractivity contribution is 7.13. The SMILES string of the molecule is O=C(Cc1ccc(Cl)cc1Cl)Nc1ccccc1-c1cccs1. The largest absolute Gasteiger partial charge is 0.325 e. The van der Waals surface area contributed by atoms with Gasteiger partial charge in [0.2, 0.25) is 5.91 Å². The molecule has 23 heavy (non-hydrogen) atoms. The Balaban J connectivity index is 1.78. The number of amides is 1. The number of hydrogen-bond donors (Lipinski definition) is 1. The molecule has 3 aromatic rings. The molecule has 116 valence electrons. The van der Waals surface area contributed by atoms with E-state index >= 15 is 0 Å². The monoisotopic (exact) mass is 361 g/mol. The molecular formula is C18H13Cl2NOS. The van der Waals surface area contributed by atoms with E-state index in [0.717, 1.165) is 21.7 Å². The van der Waals surface area contributed by atoms with E-state index in [9.17, 15) is 4.79 Å². The molecule has 0 atom stereocenters. The van der Waals surface area contributed by atoms with E-state index in [4.69, 9.17) is 23.2 Å². The summed E-state index contributed by atoms with van der Waals surface area (Å²) in [7, 11) is 0. The summed E-state index contributed by atoms with van der Waals surface area (Å²) in [5, 5.41) is 6.04. The van der Waals surface area contributed by atoms with Crippen molar-refractivity contribution in [1.29, 1.82) is 0 Å². The second-order valence-electron chi connectivity index (χ2n) is 4.98. The molecule has 2 nitrogen and oxygen atoms in total. The van der Waals surface area contributed by atoms with E-state index in [1.807, 2.05) is 41.8 Å². The Kier molecular flexibility index (Phi) is 5.01. The van der Waals surface area contributed by atoms with Gasteiger partial charge in [-0.3, -0.25) is 4.79 Å². The van der Waals surface area contributed by atoms with Gasteiger partial charge in [-0.1, -0.05) is 53.5 Å². The summed E-state index contributed by atoms with van der Waals surface area (Å²) < 4.78 is 0. The van der Waals surface area contributed by atoms with Crippen LogP contribution >= 0.6 is 34.5 Å². The van der Waals surface area contributed by atoms with Crippen molar-refractivity contribution in [2.75, 3.05) is 5.32 Å². The van der Waals surface area contributed by atoms with Gasteiger partial charge in [0, 0.05) is 26.2 Å². The van der Waals surface area contributed by atoms with Crippen LogP contribution in [-0.2, 0) is 11.2 Å². The van der Waals surface area contributed by atoms with Crippen LogP contribution in [0.5, 0.6) is 0 Å². The molecule has 0 aliphatic rings. The van der Waals surface area contributed by atoms with Crippen LogP contribution in [0, 0.1) is 0 Å². The highest BCUT2D eigenvalue weighted by atomic mass is 35.5. The zero-order valence-electron chi connectivity index (χ0n) is 12.1. The lowest BCUT2D eigenvalue weighted by atomic mass is 10.1. The molecule has 5 heteroatoms. The minimum Gasteiger partial charge on any atom is -0.325 e. The maximum absolute atomic E-state index is 12.3. The number of para-hydroxylation sites is 1. The number of anilines is 1. The molecule has 1 heterocycles. The zero-order valence-corrected chi connectivity index (χ0v) is 14.4. The number of halogens is 2. The van der Waals surface area contributed by atoms with Crippen LogP contribution in [0.3, 0.4) is 0 Å². The smallest absolute Gasteiger partial charge is 0.228 e. The molecule has 1 amide bonds. The third kappa shape index (κ3) is 3.94. The normalized spacial score (nSPS) is 10.5. The molecule has 0 fully saturated rings. The summed E-state index contributed by atoms with van der Waals surface area (Å²) in [5.41, 5.74) is 2.56. The summed E-state index contributed by atoms with van der Waals surface area (Å²) in [6.45, 7) is 0. The second kappa shape index (κ2) is 7.18. The Bertz CT molecular complexity index is 831. The molecule has 0 radical (unpaired) electrons. The van der Waals surface area contributed by atoms with Crippen molar-refractivity contribution >= 4 is 46.1 Å². The molecule has 0 spiro atoms. The summed E-state index contributed by atoms with van der Waals surface area (Å²) in [4.78, 5) is 13.5. The maximum atomic E-state index is 12.3.